The maximum absolute atomic E-state index is 12.2. The molecule has 0 radical (unpaired) electrons. The molecule has 1 aliphatic carbocycles. The van der Waals surface area contributed by atoms with Gasteiger partial charge in [0.1, 0.15) is 5.75 Å². The SMILES string of the molecule is CC(C)NS(=O)(=O)Nc1ccc(-c2c(N)c3ccc(Oc4ncccn4)cc3n2C2CC2)cc1. The van der Waals surface area contributed by atoms with Gasteiger partial charge in [0, 0.05) is 47.2 Å². The number of benzene rings is 2. The third-order valence-electron chi connectivity index (χ3n) is 5.48. The smallest absolute Gasteiger partial charge is 0.321 e. The van der Waals surface area contributed by atoms with Gasteiger partial charge in [-0.2, -0.15) is 13.1 Å². The van der Waals surface area contributed by atoms with Crippen LogP contribution < -0.4 is 19.9 Å². The zero-order valence-corrected chi connectivity index (χ0v) is 19.7. The van der Waals surface area contributed by atoms with Gasteiger partial charge in [-0.1, -0.05) is 12.1 Å². The van der Waals surface area contributed by atoms with Crippen LogP contribution in [0, 0.1) is 0 Å². The first-order valence-corrected chi connectivity index (χ1v) is 12.6. The predicted octanol–water partition coefficient (Wildman–Crippen LogP) is 4.46. The van der Waals surface area contributed by atoms with Gasteiger partial charge in [-0.3, -0.25) is 4.72 Å². The van der Waals surface area contributed by atoms with E-state index in [1.807, 2.05) is 30.3 Å². The second kappa shape index (κ2) is 8.62. The minimum Gasteiger partial charge on any atom is -0.424 e. The highest BCUT2D eigenvalue weighted by atomic mass is 32.2. The van der Waals surface area contributed by atoms with E-state index in [4.69, 9.17) is 10.5 Å². The van der Waals surface area contributed by atoms with Crippen molar-refractivity contribution in [1.29, 1.82) is 0 Å². The highest BCUT2D eigenvalue weighted by Crippen LogP contribution is 2.47. The van der Waals surface area contributed by atoms with Crippen molar-refractivity contribution in [1.82, 2.24) is 19.3 Å². The monoisotopic (exact) mass is 478 g/mol. The summed E-state index contributed by atoms with van der Waals surface area (Å²) < 4.78 is 37.5. The van der Waals surface area contributed by atoms with Crippen LogP contribution in [-0.2, 0) is 10.2 Å². The van der Waals surface area contributed by atoms with Crippen molar-refractivity contribution in [3.05, 3.63) is 60.9 Å². The molecule has 0 unspecified atom stereocenters. The van der Waals surface area contributed by atoms with E-state index in [1.54, 1.807) is 44.4 Å². The van der Waals surface area contributed by atoms with Crippen LogP contribution >= 0.6 is 0 Å². The molecular weight excluding hydrogens is 452 g/mol. The number of nitrogens with two attached hydrogens (primary N) is 1. The van der Waals surface area contributed by atoms with Gasteiger partial charge in [0.15, 0.2) is 0 Å². The summed E-state index contributed by atoms with van der Waals surface area (Å²) in [6.45, 7) is 3.54. The second-order valence-corrected chi connectivity index (χ2v) is 10.1. The molecule has 0 saturated heterocycles. The number of hydrogen-bond acceptors (Lipinski definition) is 6. The van der Waals surface area contributed by atoms with Crippen LogP contribution in [-0.4, -0.2) is 29.0 Å². The molecule has 9 nitrogen and oxygen atoms in total. The lowest BCUT2D eigenvalue weighted by atomic mass is 10.1. The molecule has 1 aliphatic rings. The summed E-state index contributed by atoms with van der Waals surface area (Å²) in [5.74, 6) is 0.632. The highest BCUT2D eigenvalue weighted by Gasteiger charge is 2.30. The molecule has 2 aromatic carbocycles. The fourth-order valence-electron chi connectivity index (χ4n) is 4.02. The minimum atomic E-state index is -3.64. The van der Waals surface area contributed by atoms with E-state index in [2.05, 4.69) is 24.0 Å². The third kappa shape index (κ3) is 4.55. The Bertz CT molecular complexity index is 1430. The molecule has 176 valence electrons. The normalized spacial score (nSPS) is 14.0. The molecule has 0 amide bonds. The molecule has 0 atom stereocenters. The molecule has 1 fully saturated rings. The lowest BCUT2D eigenvalue weighted by Gasteiger charge is -2.13. The lowest BCUT2D eigenvalue weighted by Crippen LogP contribution is -2.35. The quantitative estimate of drug-likeness (QED) is 0.343. The van der Waals surface area contributed by atoms with Crippen molar-refractivity contribution in [2.24, 2.45) is 0 Å². The third-order valence-corrected chi connectivity index (χ3v) is 6.77. The van der Waals surface area contributed by atoms with Gasteiger partial charge in [0.05, 0.1) is 16.9 Å². The van der Waals surface area contributed by atoms with E-state index >= 15 is 0 Å². The van der Waals surface area contributed by atoms with Gasteiger partial charge >= 0.3 is 6.01 Å². The number of fused-ring (bicyclic) bond motifs is 1. The van der Waals surface area contributed by atoms with E-state index in [0.29, 0.717) is 23.2 Å². The Balaban J connectivity index is 1.51. The van der Waals surface area contributed by atoms with Gasteiger partial charge in [-0.05, 0) is 57.0 Å². The minimum absolute atomic E-state index is 0.201. The Morgan fingerprint density at radius 2 is 1.79 bits per heavy atom. The fraction of sp³-hybridized carbons (Fsp3) is 0.250. The number of aromatic nitrogens is 3. The molecule has 1 saturated carbocycles. The molecule has 0 bridgehead atoms. The van der Waals surface area contributed by atoms with Gasteiger partial charge in [0.2, 0.25) is 0 Å². The van der Waals surface area contributed by atoms with Crippen LogP contribution in [0.25, 0.3) is 22.2 Å². The summed E-state index contributed by atoms with van der Waals surface area (Å²) in [6, 6.07) is 15.2. The molecule has 2 aromatic heterocycles. The molecule has 4 aromatic rings. The average molecular weight is 479 g/mol. The number of anilines is 2. The van der Waals surface area contributed by atoms with E-state index in [0.717, 1.165) is 35.0 Å². The maximum atomic E-state index is 12.2. The number of nitrogen functional groups attached to an aromatic ring is 1. The van der Waals surface area contributed by atoms with Crippen molar-refractivity contribution in [2.75, 3.05) is 10.5 Å². The average Bonchev–Trinajstić information content (AvgIpc) is 3.58. The fourth-order valence-corrected chi connectivity index (χ4v) is 5.15. The summed E-state index contributed by atoms with van der Waals surface area (Å²) in [5.41, 5.74) is 10.6. The Morgan fingerprint density at radius 3 is 2.44 bits per heavy atom. The molecule has 34 heavy (non-hydrogen) atoms. The van der Waals surface area contributed by atoms with E-state index in [-0.39, 0.29) is 12.1 Å². The lowest BCUT2D eigenvalue weighted by molar-refractivity contribution is 0.442. The van der Waals surface area contributed by atoms with Crippen LogP contribution in [0.3, 0.4) is 0 Å². The Morgan fingerprint density at radius 1 is 1.09 bits per heavy atom. The van der Waals surface area contributed by atoms with Crippen LogP contribution in [0.1, 0.15) is 32.7 Å². The molecule has 10 heteroatoms. The summed E-state index contributed by atoms with van der Waals surface area (Å²) in [4.78, 5) is 8.25. The Hall–Kier alpha value is -3.63. The van der Waals surface area contributed by atoms with Gasteiger partial charge < -0.3 is 15.0 Å². The zero-order valence-electron chi connectivity index (χ0n) is 18.9. The Labute approximate surface area is 198 Å². The van der Waals surface area contributed by atoms with E-state index in [1.165, 1.54) is 0 Å². The number of nitrogens with zero attached hydrogens (tertiary/aromatic N) is 3. The number of ether oxygens (including phenoxy) is 1. The largest absolute Gasteiger partial charge is 0.424 e. The Kier molecular flexibility index (Phi) is 5.62. The molecule has 4 N–H and O–H groups in total. The van der Waals surface area contributed by atoms with Gasteiger partial charge in [0.25, 0.3) is 10.2 Å². The van der Waals surface area contributed by atoms with Gasteiger partial charge in [-0.25, -0.2) is 9.97 Å². The van der Waals surface area contributed by atoms with E-state index in [9.17, 15) is 8.42 Å². The standard InChI is InChI=1S/C24H26N6O3S/c1-15(2)28-34(31,32)29-17-6-4-16(5-7-17)23-22(25)20-11-10-19(33-24-26-12-3-13-27-24)14-21(20)30(23)18-8-9-18/h3-7,10-15,18,28-29H,8-9,25H2,1-2H3. The van der Waals surface area contributed by atoms with Crippen molar-refractivity contribution in [3.63, 3.8) is 0 Å². The second-order valence-electron chi connectivity index (χ2n) is 8.63. The van der Waals surface area contributed by atoms with Crippen molar-refractivity contribution >= 4 is 32.5 Å². The molecule has 5 rings (SSSR count). The van der Waals surface area contributed by atoms with Gasteiger partial charge in [-0.15, -0.1) is 0 Å². The van der Waals surface area contributed by atoms with Crippen molar-refractivity contribution < 1.29 is 13.2 Å². The van der Waals surface area contributed by atoms with Crippen molar-refractivity contribution in [2.45, 2.75) is 38.8 Å². The first-order chi connectivity index (χ1) is 16.3. The topological polar surface area (TPSA) is 124 Å². The number of nitrogens with one attached hydrogen (secondary N) is 2. The summed E-state index contributed by atoms with van der Waals surface area (Å²) in [5, 5.41) is 0.939. The summed E-state index contributed by atoms with van der Waals surface area (Å²) >= 11 is 0. The summed E-state index contributed by atoms with van der Waals surface area (Å²) in [7, 11) is -3.64. The maximum Gasteiger partial charge on any atom is 0.321 e. The summed E-state index contributed by atoms with van der Waals surface area (Å²) in [6.07, 6.45) is 5.41. The van der Waals surface area contributed by atoms with Crippen LogP contribution in [0.4, 0.5) is 11.4 Å². The molecular formula is C24H26N6O3S. The molecule has 0 spiro atoms. The van der Waals surface area contributed by atoms with Crippen molar-refractivity contribution in [3.8, 4) is 23.0 Å². The molecule has 2 heterocycles. The van der Waals surface area contributed by atoms with Crippen LogP contribution in [0.2, 0.25) is 0 Å². The highest BCUT2D eigenvalue weighted by molar-refractivity contribution is 7.90. The number of hydrogen-bond donors (Lipinski definition) is 3. The molecule has 0 aliphatic heterocycles. The predicted molar refractivity (Wildman–Crippen MR) is 133 cm³/mol. The van der Waals surface area contributed by atoms with Crippen LogP contribution in [0.5, 0.6) is 11.8 Å². The first kappa shape index (κ1) is 22.2. The van der Waals surface area contributed by atoms with E-state index < -0.39 is 10.2 Å². The zero-order chi connectivity index (χ0) is 23.9. The van der Waals surface area contributed by atoms with Crippen LogP contribution in [0.15, 0.2) is 60.9 Å². The first-order valence-electron chi connectivity index (χ1n) is 11.1. The number of rotatable bonds is 8.